The van der Waals surface area contributed by atoms with Crippen LogP contribution in [0.3, 0.4) is 0 Å². The molecular formula is C37H50N5O7S+. The second kappa shape index (κ2) is 14.0. The normalized spacial score (nSPS) is 28.9. The molecule has 0 spiro atoms. The van der Waals surface area contributed by atoms with Crippen LogP contribution < -0.4 is 15.4 Å². The number of nitrogens with zero attached hydrogens (tertiary/aromatic N) is 2. The van der Waals surface area contributed by atoms with Gasteiger partial charge in [-0.05, 0) is 94.9 Å². The molecule has 1 saturated heterocycles. The van der Waals surface area contributed by atoms with Gasteiger partial charge in [-0.1, -0.05) is 44.4 Å². The van der Waals surface area contributed by atoms with Crippen molar-refractivity contribution in [2.75, 3.05) is 18.9 Å². The molecule has 2 heterocycles. The Kier molecular flexibility index (Phi) is 10.00. The topological polar surface area (TPSA) is 168 Å². The van der Waals surface area contributed by atoms with E-state index in [0.29, 0.717) is 37.9 Å². The SMILES string of the molecule is CCc1cccc(-c2ccc(C)cc2NC(=O)O[C@@H]2C[C@H]3C(=O)N[C@]4(C(=O)NS(=O)(=[OH+])C5(C)CC5)C[C@H]4CCCCCCN(C)C(=O)[C@@H]3C2)n1. The van der Waals surface area contributed by atoms with Crippen LogP contribution >= 0.6 is 0 Å². The molecule has 4 aliphatic rings. The monoisotopic (exact) mass is 708 g/mol. The number of ether oxygens (including phenoxy) is 1. The molecule has 4 amide bonds. The van der Waals surface area contributed by atoms with Gasteiger partial charge in [0.1, 0.15) is 16.4 Å². The van der Waals surface area contributed by atoms with Crippen LogP contribution in [0.15, 0.2) is 36.4 Å². The average Bonchev–Trinajstić information content (AvgIpc) is 3.96. The van der Waals surface area contributed by atoms with Crippen molar-refractivity contribution in [3.63, 3.8) is 0 Å². The Labute approximate surface area is 294 Å². The maximum absolute atomic E-state index is 14.1. The van der Waals surface area contributed by atoms with Gasteiger partial charge in [0.15, 0.2) is 0 Å². The molecule has 4 N–H and O–H groups in total. The minimum Gasteiger partial charge on any atom is -0.446 e. The molecule has 6 atom stereocenters. The van der Waals surface area contributed by atoms with Crippen molar-refractivity contribution in [1.82, 2.24) is 19.9 Å². The highest BCUT2D eigenvalue weighted by Gasteiger charge is 2.64. The molecule has 0 radical (unpaired) electrons. The van der Waals surface area contributed by atoms with Gasteiger partial charge in [-0.15, -0.1) is 0 Å². The second-order valence-corrected chi connectivity index (χ2v) is 17.2. The van der Waals surface area contributed by atoms with E-state index in [9.17, 15) is 27.6 Å². The Balaban J connectivity index is 1.20. The zero-order chi connectivity index (χ0) is 35.8. The third kappa shape index (κ3) is 7.38. The molecule has 0 bridgehead atoms. The van der Waals surface area contributed by atoms with Gasteiger partial charge in [-0.3, -0.25) is 24.7 Å². The summed E-state index contributed by atoms with van der Waals surface area (Å²) in [5.74, 6) is -3.14. The maximum atomic E-state index is 14.1. The van der Waals surface area contributed by atoms with E-state index < -0.39 is 56.2 Å². The summed E-state index contributed by atoms with van der Waals surface area (Å²) >= 11 is 0. The lowest BCUT2D eigenvalue weighted by Gasteiger charge is -2.27. The fraction of sp³-hybridized carbons (Fsp3) is 0.595. The largest absolute Gasteiger partial charge is 0.446 e. The maximum Gasteiger partial charge on any atom is 0.411 e. The number of carbonyl (C=O) groups is 4. The van der Waals surface area contributed by atoms with E-state index in [0.717, 1.165) is 54.6 Å². The molecule has 6 rings (SSSR count). The fourth-order valence-corrected chi connectivity index (χ4v) is 8.85. The lowest BCUT2D eigenvalue weighted by molar-refractivity contribution is -0.140. The molecule has 1 aromatic carbocycles. The van der Waals surface area contributed by atoms with E-state index >= 15 is 0 Å². The zero-order valence-electron chi connectivity index (χ0n) is 29.5. The molecule has 1 aromatic heterocycles. The van der Waals surface area contributed by atoms with E-state index in [1.165, 1.54) is 0 Å². The first-order valence-corrected chi connectivity index (χ1v) is 19.5. The minimum atomic E-state index is -3.66. The Morgan fingerprint density at radius 1 is 1.10 bits per heavy atom. The van der Waals surface area contributed by atoms with Crippen molar-refractivity contribution >= 4 is 39.5 Å². The Hall–Kier alpha value is -4.00. The number of aryl methyl sites for hydroxylation is 2. The molecule has 270 valence electrons. The number of benzene rings is 1. The van der Waals surface area contributed by atoms with Gasteiger partial charge < -0.3 is 15.0 Å². The summed E-state index contributed by atoms with van der Waals surface area (Å²) in [7, 11) is -1.93. The molecule has 3 aliphatic carbocycles. The number of fused-ring (bicyclic) bond motifs is 2. The van der Waals surface area contributed by atoms with Crippen LogP contribution in [0.2, 0.25) is 0 Å². The third-order valence-corrected chi connectivity index (χ3v) is 13.4. The molecule has 12 nitrogen and oxygen atoms in total. The Morgan fingerprint density at radius 2 is 1.84 bits per heavy atom. The van der Waals surface area contributed by atoms with Crippen LogP contribution in [0, 0.1) is 24.7 Å². The highest BCUT2D eigenvalue weighted by Crippen LogP contribution is 2.49. The molecule has 13 heteroatoms. The summed E-state index contributed by atoms with van der Waals surface area (Å²) in [5.41, 5.74) is 2.53. The first-order valence-electron chi connectivity index (χ1n) is 18.0. The van der Waals surface area contributed by atoms with E-state index in [2.05, 4.69) is 15.4 Å². The van der Waals surface area contributed by atoms with E-state index in [1.54, 1.807) is 18.9 Å². The van der Waals surface area contributed by atoms with Crippen LogP contribution in [0.1, 0.15) is 89.3 Å². The van der Waals surface area contributed by atoms with Crippen LogP contribution in [0.25, 0.3) is 11.3 Å². The molecule has 4 fully saturated rings. The quantitative estimate of drug-likeness (QED) is 0.340. The van der Waals surface area contributed by atoms with Gasteiger partial charge in [0.25, 0.3) is 5.91 Å². The highest BCUT2D eigenvalue weighted by atomic mass is 32.2. The van der Waals surface area contributed by atoms with Gasteiger partial charge in [0.05, 0.1) is 23.2 Å². The predicted octanol–water partition coefficient (Wildman–Crippen LogP) is 5.02. The number of pyridine rings is 1. The molecule has 2 aromatic rings. The first kappa shape index (κ1) is 35.8. The average molecular weight is 709 g/mol. The van der Waals surface area contributed by atoms with Crippen LogP contribution in [-0.4, -0.2) is 72.1 Å². The van der Waals surface area contributed by atoms with Gasteiger partial charge in [0.2, 0.25) is 11.8 Å². The third-order valence-electron chi connectivity index (χ3n) is 11.2. The number of aromatic nitrogens is 1. The highest BCUT2D eigenvalue weighted by molar-refractivity contribution is 7.91. The van der Waals surface area contributed by atoms with Crippen LogP contribution in [-0.2, 0) is 35.6 Å². The van der Waals surface area contributed by atoms with Crippen LogP contribution in [0.5, 0.6) is 0 Å². The second-order valence-electron chi connectivity index (χ2n) is 15.0. The minimum absolute atomic E-state index is 0.0987. The van der Waals surface area contributed by atoms with E-state index in [-0.39, 0.29) is 24.7 Å². The van der Waals surface area contributed by atoms with Crippen molar-refractivity contribution in [2.45, 2.75) is 108 Å². The Morgan fingerprint density at radius 3 is 2.58 bits per heavy atom. The van der Waals surface area contributed by atoms with Crippen molar-refractivity contribution < 1.29 is 32.3 Å². The number of amides is 4. The van der Waals surface area contributed by atoms with E-state index in [4.69, 9.17) is 9.72 Å². The lowest BCUT2D eigenvalue weighted by atomic mass is 9.92. The summed E-state index contributed by atoms with van der Waals surface area (Å²) < 4.78 is 31.3. The van der Waals surface area contributed by atoms with Crippen molar-refractivity contribution in [3.8, 4) is 11.3 Å². The van der Waals surface area contributed by atoms with Crippen molar-refractivity contribution in [3.05, 3.63) is 47.7 Å². The van der Waals surface area contributed by atoms with Gasteiger partial charge in [0, 0.05) is 24.8 Å². The fourth-order valence-electron chi connectivity index (χ4n) is 7.51. The summed E-state index contributed by atoms with van der Waals surface area (Å²) in [6.45, 7) is 6.18. The van der Waals surface area contributed by atoms with Crippen molar-refractivity contribution in [2.24, 2.45) is 17.8 Å². The smallest absolute Gasteiger partial charge is 0.411 e. The molecular weight excluding hydrogens is 659 g/mol. The molecule has 3 saturated carbocycles. The number of nitrogens with one attached hydrogen (secondary N) is 3. The first-order chi connectivity index (χ1) is 23.7. The van der Waals surface area contributed by atoms with Gasteiger partial charge in [-0.2, -0.15) is 4.21 Å². The summed E-state index contributed by atoms with van der Waals surface area (Å²) in [5, 5.41) is 5.83. The standard InChI is InChI=1S/C37H49N5O7S/c1-5-25-12-10-13-30(38-25)27-15-14-23(2)19-31(27)39-35(46)49-26-20-28-29(21-26)33(44)42(4)18-9-7-6-8-11-24-22-37(24,40-32(28)43)34(45)41-50(47,48)36(3)16-17-36/h10,12-15,19,24,26,28-29H,5-9,11,16-18,20-22H2,1-4H3,(H,39,46)(H,40,43)(H,41,45,47,48)/p+1/t24-,26-,28-,29-,37-/m1/s1. The number of hydrogen-bond donors (Lipinski definition) is 3. The van der Waals surface area contributed by atoms with Crippen LogP contribution in [0.4, 0.5) is 10.5 Å². The number of anilines is 1. The molecule has 1 unspecified atom stereocenters. The van der Waals surface area contributed by atoms with Gasteiger partial charge in [-0.25, -0.2) is 13.7 Å². The summed E-state index contributed by atoms with van der Waals surface area (Å²) in [6, 6.07) is 11.5. The number of rotatable bonds is 7. The Bertz CT molecular complexity index is 1780. The molecule has 1 aliphatic heterocycles. The number of carbonyl (C=O) groups excluding carboxylic acids is 4. The summed E-state index contributed by atoms with van der Waals surface area (Å²) in [4.78, 5) is 61.4. The summed E-state index contributed by atoms with van der Waals surface area (Å²) in [6.07, 6.45) is 5.20. The number of hydrogen-bond acceptors (Lipinski definition) is 7. The van der Waals surface area contributed by atoms with Gasteiger partial charge >= 0.3 is 16.1 Å². The van der Waals surface area contributed by atoms with Crippen molar-refractivity contribution in [1.29, 1.82) is 0 Å². The molecule has 50 heavy (non-hydrogen) atoms. The predicted molar refractivity (Wildman–Crippen MR) is 189 cm³/mol. The zero-order valence-corrected chi connectivity index (χ0v) is 30.3. The van der Waals surface area contributed by atoms with E-state index in [1.807, 2.05) is 50.2 Å². The lowest BCUT2D eigenvalue weighted by Crippen LogP contribution is -2.55.